The third kappa shape index (κ3) is 4.97. The van der Waals surface area contributed by atoms with Crippen LogP contribution in [0.15, 0.2) is 80.6 Å². The maximum absolute atomic E-state index is 12.1. The summed E-state index contributed by atoms with van der Waals surface area (Å²) in [6.07, 6.45) is 1.03. The van der Waals surface area contributed by atoms with E-state index < -0.39 is 11.7 Å². The minimum atomic E-state index is -0.593. The number of rotatable bonds is 4. The van der Waals surface area contributed by atoms with Gasteiger partial charge in [-0.3, -0.25) is 5.32 Å². The molecule has 0 aliphatic heterocycles. The van der Waals surface area contributed by atoms with Crippen molar-refractivity contribution in [2.45, 2.75) is 27.4 Å². The summed E-state index contributed by atoms with van der Waals surface area (Å²) in [6.45, 7) is 5.96. The van der Waals surface area contributed by atoms with Gasteiger partial charge in [0, 0.05) is 28.8 Å². The molecule has 6 heteroatoms. The molecule has 0 aliphatic carbocycles. The lowest BCUT2D eigenvalue weighted by atomic mass is 10.1. The monoisotopic (exact) mass is 405 g/mol. The first-order valence-electron chi connectivity index (χ1n) is 9.69. The van der Waals surface area contributed by atoms with E-state index in [1.807, 2.05) is 57.2 Å². The minimum Gasteiger partial charge on any atom is -0.464 e. The molecule has 0 saturated heterocycles. The van der Waals surface area contributed by atoms with Gasteiger partial charge in [0.05, 0.1) is 6.26 Å². The van der Waals surface area contributed by atoms with Crippen molar-refractivity contribution in [2.75, 3.05) is 5.32 Å². The van der Waals surface area contributed by atoms with Gasteiger partial charge >= 0.3 is 11.7 Å². The Labute approximate surface area is 174 Å². The van der Waals surface area contributed by atoms with Gasteiger partial charge in [-0.25, -0.2) is 9.59 Å². The van der Waals surface area contributed by atoms with E-state index in [2.05, 4.69) is 5.32 Å². The molecule has 0 spiro atoms. The van der Waals surface area contributed by atoms with E-state index in [0.717, 1.165) is 27.8 Å². The van der Waals surface area contributed by atoms with Crippen molar-refractivity contribution >= 4 is 22.7 Å². The lowest BCUT2D eigenvalue weighted by molar-refractivity contribution is 0.155. The van der Waals surface area contributed by atoms with Gasteiger partial charge in [0.15, 0.2) is 0 Å². The summed E-state index contributed by atoms with van der Waals surface area (Å²) < 4.78 is 15.8. The molecule has 0 radical (unpaired) electrons. The third-order valence-electron chi connectivity index (χ3n) is 4.33. The lowest BCUT2D eigenvalue weighted by Crippen LogP contribution is -2.13. The summed E-state index contributed by atoms with van der Waals surface area (Å²) in [6, 6.07) is 17.8. The predicted molar refractivity (Wildman–Crippen MR) is 117 cm³/mol. The second-order valence-electron chi connectivity index (χ2n) is 6.33. The van der Waals surface area contributed by atoms with Gasteiger partial charge in [-0.2, -0.15) is 0 Å². The van der Waals surface area contributed by atoms with Crippen LogP contribution in [0.2, 0.25) is 0 Å². The molecular weight excluding hydrogens is 382 g/mol. The Hall–Kier alpha value is -3.80. The maximum atomic E-state index is 12.1. The lowest BCUT2D eigenvalue weighted by Gasteiger charge is -2.08. The molecule has 0 fully saturated rings. The van der Waals surface area contributed by atoms with E-state index >= 15 is 0 Å². The Morgan fingerprint density at radius 3 is 2.50 bits per heavy atom. The number of furan rings is 1. The van der Waals surface area contributed by atoms with E-state index in [9.17, 15) is 9.59 Å². The molecule has 1 N–H and O–H groups in total. The van der Waals surface area contributed by atoms with E-state index in [0.29, 0.717) is 11.3 Å². The number of hydrogen-bond acceptors (Lipinski definition) is 5. The van der Waals surface area contributed by atoms with Crippen molar-refractivity contribution in [1.82, 2.24) is 0 Å². The van der Waals surface area contributed by atoms with Crippen LogP contribution in [0.4, 0.5) is 10.5 Å². The van der Waals surface area contributed by atoms with Crippen LogP contribution in [0.5, 0.6) is 0 Å². The first-order chi connectivity index (χ1) is 14.6. The zero-order chi connectivity index (χ0) is 21.5. The van der Waals surface area contributed by atoms with E-state index in [-0.39, 0.29) is 6.61 Å². The Morgan fingerprint density at radius 1 is 1.03 bits per heavy atom. The fourth-order valence-electron chi connectivity index (χ4n) is 2.91. The fourth-order valence-corrected chi connectivity index (χ4v) is 2.91. The smallest absolute Gasteiger partial charge is 0.411 e. The van der Waals surface area contributed by atoms with Crippen LogP contribution in [-0.4, -0.2) is 6.09 Å². The zero-order valence-electron chi connectivity index (χ0n) is 17.1. The normalized spacial score (nSPS) is 10.2. The number of anilines is 1. The molecule has 0 unspecified atom stereocenters. The number of hydrogen-bond donors (Lipinski definition) is 1. The van der Waals surface area contributed by atoms with Crippen molar-refractivity contribution in [3.63, 3.8) is 0 Å². The first kappa shape index (κ1) is 20.9. The molecule has 154 valence electrons. The number of carbonyl (C=O) groups is 1. The van der Waals surface area contributed by atoms with Gasteiger partial charge in [0.1, 0.15) is 18.0 Å². The third-order valence-corrected chi connectivity index (χ3v) is 4.33. The first-order valence-corrected chi connectivity index (χ1v) is 9.69. The van der Waals surface area contributed by atoms with Crippen LogP contribution >= 0.6 is 0 Å². The van der Waals surface area contributed by atoms with E-state index in [1.165, 1.54) is 6.07 Å². The predicted octanol–water partition coefficient (Wildman–Crippen LogP) is 6.14. The second-order valence-corrected chi connectivity index (χ2v) is 6.33. The summed E-state index contributed by atoms with van der Waals surface area (Å²) >= 11 is 0. The maximum Gasteiger partial charge on any atom is 0.411 e. The summed E-state index contributed by atoms with van der Waals surface area (Å²) in [4.78, 5) is 23.6. The molecule has 30 heavy (non-hydrogen) atoms. The number of aryl methyl sites for hydroxylation is 1. The van der Waals surface area contributed by atoms with Gasteiger partial charge in [0.2, 0.25) is 0 Å². The highest BCUT2D eigenvalue weighted by molar-refractivity contribution is 5.89. The average Bonchev–Trinajstić information content (AvgIpc) is 3.29. The second kappa shape index (κ2) is 9.60. The quantitative estimate of drug-likeness (QED) is 0.413. The minimum absolute atomic E-state index is 0.131. The highest BCUT2D eigenvalue weighted by atomic mass is 16.5. The van der Waals surface area contributed by atoms with Crippen LogP contribution in [0, 0.1) is 6.92 Å². The molecule has 0 aliphatic rings. The average molecular weight is 405 g/mol. The number of fused-ring (bicyclic) bond motifs is 1. The molecule has 0 bridgehead atoms. The summed E-state index contributed by atoms with van der Waals surface area (Å²) in [5.41, 5.74) is 3.09. The molecule has 0 saturated carbocycles. The largest absolute Gasteiger partial charge is 0.464 e. The highest BCUT2D eigenvalue weighted by Crippen LogP contribution is 2.22. The molecule has 2 aromatic carbocycles. The number of nitrogens with one attached hydrogen (secondary N) is 1. The van der Waals surface area contributed by atoms with Crippen molar-refractivity contribution in [2.24, 2.45) is 0 Å². The van der Waals surface area contributed by atoms with Crippen molar-refractivity contribution < 1.29 is 18.4 Å². The fraction of sp³-hybridized carbons (Fsp3) is 0.167. The standard InChI is InChI=1S/C22H17NO5.C2H6/c1-14-11-21(24)28-20-12-17(8-9-18(14)20)23-22(25)27-13-15-4-6-16(7-5-15)19-3-2-10-26-19;1-2/h2-12H,13H2,1H3,(H,23,25);1-2H3. The van der Waals surface area contributed by atoms with Crippen LogP contribution in [0.25, 0.3) is 22.3 Å². The summed E-state index contributed by atoms with van der Waals surface area (Å²) in [5, 5.41) is 3.45. The van der Waals surface area contributed by atoms with Crippen LogP contribution < -0.4 is 10.9 Å². The Morgan fingerprint density at radius 2 is 1.80 bits per heavy atom. The van der Waals surface area contributed by atoms with Gasteiger partial charge in [-0.05, 0) is 42.3 Å². The van der Waals surface area contributed by atoms with Crippen LogP contribution in [0.1, 0.15) is 25.0 Å². The van der Waals surface area contributed by atoms with E-state index in [1.54, 1.807) is 24.5 Å². The molecule has 2 heterocycles. The number of carbonyl (C=O) groups excluding carboxylic acids is 1. The van der Waals surface area contributed by atoms with Gasteiger partial charge in [0.25, 0.3) is 0 Å². The summed E-state index contributed by atoms with van der Waals surface area (Å²) in [7, 11) is 0. The Kier molecular flexibility index (Phi) is 6.70. The molecule has 0 atom stereocenters. The molecule has 1 amide bonds. The zero-order valence-corrected chi connectivity index (χ0v) is 17.1. The Bertz CT molecular complexity index is 1170. The molecule has 6 nitrogen and oxygen atoms in total. The van der Waals surface area contributed by atoms with Gasteiger partial charge < -0.3 is 13.6 Å². The molecular formula is C24H23NO5. The topological polar surface area (TPSA) is 81.7 Å². The van der Waals surface area contributed by atoms with Gasteiger partial charge in [-0.15, -0.1) is 0 Å². The molecule has 4 rings (SSSR count). The van der Waals surface area contributed by atoms with E-state index in [4.69, 9.17) is 13.6 Å². The molecule has 4 aromatic rings. The SMILES string of the molecule is CC.Cc1cc(=O)oc2cc(NC(=O)OCc3ccc(-c4ccco4)cc3)ccc12. The van der Waals surface area contributed by atoms with Crippen LogP contribution in [0.3, 0.4) is 0 Å². The highest BCUT2D eigenvalue weighted by Gasteiger charge is 2.08. The van der Waals surface area contributed by atoms with Crippen molar-refractivity contribution in [3.05, 3.63) is 88.5 Å². The van der Waals surface area contributed by atoms with Crippen molar-refractivity contribution in [1.29, 1.82) is 0 Å². The Balaban J connectivity index is 0.00000124. The summed E-state index contributed by atoms with van der Waals surface area (Å²) in [5.74, 6) is 0.781. The number of ether oxygens (including phenoxy) is 1. The molecule has 2 aromatic heterocycles. The van der Waals surface area contributed by atoms with Gasteiger partial charge in [-0.1, -0.05) is 38.1 Å². The van der Waals surface area contributed by atoms with Crippen LogP contribution in [-0.2, 0) is 11.3 Å². The van der Waals surface area contributed by atoms with Crippen molar-refractivity contribution in [3.8, 4) is 11.3 Å². The number of benzene rings is 2. The number of amides is 1.